The molecule has 1 unspecified atom stereocenters. The molecule has 180 valence electrons. The first-order valence-corrected chi connectivity index (χ1v) is 11.8. The van der Waals surface area contributed by atoms with Crippen molar-refractivity contribution in [3.05, 3.63) is 66.4 Å². The van der Waals surface area contributed by atoms with Crippen molar-refractivity contribution in [1.82, 2.24) is 9.97 Å². The van der Waals surface area contributed by atoms with E-state index in [9.17, 15) is 9.59 Å². The van der Waals surface area contributed by atoms with Crippen LogP contribution in [-0.4, -0.2) is 54.6 Å². The monoisotopic (exact) mass is 472 g/mol. The minimum absolute atomic E-state index is 0.0347. The smallest absolute Gasteiger partial charge is 0.229 e. The van der Waals surface area contributed by atoms with Gasteiger partial charge in [-0.05, 0) is 43.3 Å². The van der Waals surface area contributed by atoms with Gasteiger partial charge in [0.05, 0.1) is 19.1 Å². The predicted octanol–water partition coefficient (Wildman–Crippen LogP) is 3.36. The Morgan fingerprint density at radius 1 is 1.00 bits per heavy atom. The topological polar surface area (TPSA) is 99.7 Å². The Morgan fingerprint density at radius 2 is 1.71 bits per heavy atom. The van der Waals surface area contributed by atoms with Gasteiger partial charge < -0.3 is 25.2 Å². The fourth-order valence-electron chi connectivity index (χ4n) is 4.29. The zero-order chi connectivity index (χ0) is 24.2. The molecule has 1 aromatic heterocycles. The molecule has 0 aliphatic carbocycles. The third-order valence-corrected chi connectivity index (χ3v) is 6.12. The minimum atomic E-state index is -0.386. The normalized spacial score (nSPS) is 18.0. The predicted molar refractivity (Wildman–Crippen MR) is 135 cm³/mol. The van der Waals surface area contributed by atoms with E-state index in [1.54, 1.807) is 4.90 Å². The molecule has 0 bridgehead atoms. The highest BCUT2D eigenvalue weighted by Gasteiger charge is 2.35. The van der Waals surface area contributed by atoms with E-state index in [0.717, 1.165) is 30.2 Å². The lowest BCUT2D eigenvalue weighted by Crippen LogP contribution is -2.37. The van der Waals surface area contributed by atoms with Gasteiger partial charge in [-0.3, -0.25) is 9.59 Å². The second kappa shape index (κ2) is 10.1. The lowest BCUT2D eigenvalue weighted by Gasteiger charge is -2.27. The fourth-order valence-corrected chi connectivity index (χ4v) is 4.29. The van der Waals surface area contributed by atoms with E-state index in [4.69, 9.17) is 4.74 Å². The number of amides is 2. The van der Waals surface area contributed by atoms with E-state index in [-0.39, 0.29) is 24.2 Å². The van der Waals surface area contributed by atoms with E-state index < -0.39 is 0 Å². The van der Waals surface area contributed by atoms with Crippen LogP contribution in [0.25, 0.3) is 0 Å². The van der Waals surface area contributed by atoms with Gasteiger partial charge in [-0.15, -0.1) is 0 Å². The summed E-state index contributed by atoms with van der Waals surface area (Å²) in [7, 11) is 0. The van der Waals surface area contributed by atoms with E-state index in [0.29, 0.717) is 37.2 Å². The Morgan fingerprint density at radius 3 is 2.46 bits per heavy atom. The number of carbonyl (C=O) groups excluding carboxylic acids is 2. The molecule has 2 aromatic carbocycles. The summed E-state index contributed by atoms with van der Waals surface area (Å²) in [5.74, 6) is 0.825. The number of aromatic nitrogens is 2. The highest BCUT2D eigenvalue weighted by atomic mass is 16.5. The zero-order valence-electron chi connectivity index (χ0n) is 19.6. The number of ether oxygens (including phenoxy) is 1. The Labute approximate surface area is 204 Å². The number of morpholine rings is 1. The van der Waals surface area contributed by atoms with Crippen LogP contribution in [0.4, 0.5) is 28.8 Å². The van der Waals surface area contributed by atoms with Crippen LogP contribution in [0.5, 0.6) is 0 Å². The van der Waals surface area contributed by atoms with Crippen LogP contribution in [0.3, 0.4) is 0 Å². The number of anilines is 5. The van der Waals surface area contributed by atoms with Crippen molar-refractivity contribution in [2.75, 3.05) is 53.3 Å². The molecule has 0 saturated carbocycles. The van der Waals surface area contributed by atoms with Crippen molar-refractivity contribution in [3.63, 3.8) is 0 Å². The standard InChI is InChI=1S/C26H28N6O3/c1-18-15-23(30-26(27-18)31-11-13-35-14-12-31)28-20-7-9-21(10-8-20)29-25(34)19-16-24(33)32(17-19)22-5-3-2-4-6-22/h2-10,15,19H,11-14,16-17H2,1H3,(H,29,34)(H,27,28,30). The van der Waals surface area contributed by atoms with Crippen molar-refractivity contribution < 1.29 is 14.3 Å². The Kier molecular flexibility index (Phi) is 6.58. The third kappa shape index (κ3) is 5.41. The van der Waals surface area contributed by atoms with Gasteiger partial charge in [-0.2, -0.15) is 4.98 Å². The second-order valence-corrected chi connectivity index (χ2v) is 8.73. The van der Waals surface area contributed by atoms with Crippen LogP contribution in [0, 0.1) is 12.8 Å². The number of hydrogen-bond donors (Lipinski definition) is 2. The van der Waals surface area contributed by atoms with Crippen LogP contribution >= 0.6 is 0 Å². The molecule has 2 aliphatic rings. The minimum Gasteiger partial charge on any atom is -0.378 e. The second-order valence-electron chi connectivity index (χ2n) is 8.73. The van der Waals surface area contributed by atoms with Gasteiger partial charge in [-0.25, -0.2) is 4.98 Å². The number of carbonyl (C=O) groups is 2. The van der Waals surface area contributed by atoms with Crippen LogP contribution < -0.4 is 20.4 Å². The molecule has 2 saturated heterocycles. The van der Waals surface area contributed by atoms with Crippen molar-refractivity contribution in [2.45, 2.75) is 13.3 Å². The molecule has 0 spiro atoms. The highest BCUT2D eigenvalue weighted by molar-refractivity contribution is 6.03. The molecule has 0 radical (unpaired) electrons. The summed E-state index contributed by atoms with van der Waals surface area (Å²) in [4.78, 5) is 38.2. The van der Waals surface area contributed by atoms with E-state index in [1.165, 1.54) is 0 Å². The summed E-state index contributed by atoms with van der Waals surface area (Å²) < 4.78 is 5.42. The van der Waals surface area contributed by atoms with Gasteiger partial charge in [0.1, 0.15) is 5.82 Å². The van der Waals surface area contributed by atoms with Crippen molar-refractivity contribution in [3.8, 4) is 0 Å². The molecule has 9 nitrogen and oxygen atoms in total. The molecule has 3 heterocycles. The van der Waals surface area contributed by atoms with Gasteiger partial charge in [0.15, 0.2) is 0 Å². The van der Waals surface area contributed by atoms with Gasteiger partial charge >= 0.3 is 0 Å². The van der Waals surface area contributed by atoms with Gasteiger partial charge in [0.25, 0.3) is 0 Å². The first-order chi connectivity index (χ1) is 17.0. The quantitative estimate of drug-likeness (QED) is 0.568. The molecule has 5 rings (SSSR count). The largest absolute Gasteiger partial charge is 0.378 e. The first kappa shape index (κ1) is 22.8. The Bertz CT molecular complexity index is 1200. The SMILES string of the molecule is Cc1cc(Nc2ccc(NC(=O)C3CC(=O)N(c4ccccc4)C3)cc2)nc(N2CCOCC2)n1. The lowest BCUT2D eigenvalue weighted by molar-refractivity contribution is -0.122. The number of nitrogens with zero attached hydrogens (tertiary/aromatic N) is 4. The van der Waals surface area contributed by atoms with Gasteiger partial charge in [0, 0.05) is 54.9 Å². The molecule has 2 aliphatic heterocycles. The summed E-state index contributed by atoms with van der Waals surface area (Å²) in [6.07, 6.45) is 0.207. The van der Waals surface area contributed by atoms with E-state index in [2.05, 4.69) is 25.5 Å². The molecule has 2 amide bonds. The van der Waals surface area contributed by atoms with Crippen LogP contribution in [0.2, 0.25) is 0 Å². The Balaban J connectivity index is 1.20. The van der Waals surface area contributed by atoms with Crippen molar-refractivity contribution >= 4 is 40.6 Å². The van der Waals surface area contributed by atoms with Crippen LogP contribution in [0.15, 0.2) is 60.7 Å². The van der Waals surface area contributed by atoms with Gasteiger partial charge in [0.2, 0.25) is 17.8 Å². The van der Waals surface area contributed by atoms with Crippen LogP contribution in [-0.2, 0) is 14.3 Å². The molecule has 3 aromatic rings. The van der Waals surface area contributed by atoms with Crippen molar-refractivity contribution in [1.29, 1.82) is 0 Å². The maximum absolute atomic E-state index is 12.8. The average Bonchev–Trinajstić information content (AvgIpc) is 3.28. The van der Waals surface area contributed by atoms with E-state index >= 15 is 0 Å². The summed E-state index contributed by atoms with van der Waals surface area (Å²) >= 11 is 0. The fraction of sp³-hybridized carbons (Fsp3) is 0.308. The Hall–Kier alpha value is -3.98. The van der Waals surface area contributed by atoms with Crippen LogP contribution in [0.1, 0.15) is 12.1 Å². The number of para-hydroxylation sites is 1. The average molecular weight is 473 g/mol. The zero-order valence-corrected chi connectivity index (χ0v) is 19.6. The summed E-state index contributed by atoms with van der Waals surface area (Å²) in [5.41, 5.74) is 3.22. The molecular weight excluding hydrogens is 444 g/mol. The van der Waals surface area contributed by atoms with Crippen molar-refractivity contribution in [2.24, 2.45) is 5.92 Å². The number of aryl methyl sites for hydroxylation is 1. The summed E-state index contributed by atoms with van der Waals surface area (Å²) in [5, 5.41) is 6.26. The number of nitrogens with one attached hydrogen (secondary N) is 2. The van der Waals surface area contributed by atoms with Gasteiger partial charge in [-0.1, -0.05) is 18.2 Å². The molecule has 2 fully saturated rings. The lowest BCUT2D eigenvalue weighted by atomic mass is 10.1. The maximum Gasteiger partial charge on any atom is 0.229 e. The molecule has 35 heavy (non-hydrogen) atoms. The molecule has 1 atom stereocenters. The molecule has 9 heteroatoms. The maximum atomic E-state index is 12.8. The number of hydrogen-bond acceptors (Lipinski definition) is 7. The number of rotatable bonds is 6. The van der Waals surface area contributed by atoms with E-state index in [1.807, 2.05) is 67.6 Å². The first-order valence-electron chi connectivity index (χ1n) is 11.8. The summed E-state index contributed by atoms with van der Waals surface area (Å²) in [6.45, 7) is 5.22. The molecule has 2 N–H and O–H groups in total. The third-order valence-electron chi connectivity index (χ3n) is 6.12. The summed E-state index contributed by atoms with van der Waals surface area (Å²) in [6, 6.07) is 18.8. The highest BCUT2D eigenvalue weighted by Crippen LogP contribution is 2.26. The number of benzene rings is 2. The molecular formula is C26H28N6O3.